The Morgan fingerprint density at radius 1 is 1.35 bits per heavy atom. The zero-order valence-corrected chi connectivity index (χ0v) is 16.0. The van der Waals surface area contributed by atoms with E-state index in [2.05, 4.69) is 45.0 Å². The summed E-state index contributed by atoms with van der Waals surface area (Å²) in [5.74, 6) is 0.576. The van der Waals surface area contributed by atoms with Crippen LogP contribution in [-0.2, 0) is 22.8 Å². The monoisotopic (exact) mass is 374 g/mol. The van der Waals surface area contributed by atoms with E-state index in [0.717, 1.165) is 38.2 Å². The lowest BCUT2D eigenvalue weighted by molar-refractivity contribution is 0.521. The SMILES string of the molecule is CN1CCCc2cc(-c3cncn3CCN[C@@H]3CCS(=O)(=O)C3)ccc21. The van der Waals surface area contributed by atoms with Gasteiger partial charge in [0, 0.05) is 44.0 Å². The van der Waals surface area contributed by atoms with E-state index in [1.54, 1.807) is 0 Å². The quantitative estimate of drug-likeness (QED) is 0.863. The Balaban J connectivity index is 1.44. The van der Waals surface area contributed by atoms with Crippen LogP contribution in [0.1, 0.15) is 18.4 Å². The smallest absolute Gasteiger partial charge is 0.151 e. The minimum Gasteiger partial charge on any atom is -0.374 e. The fourth-order valence-corrected chi connectivity index (χ4v) is 5.74. The summed E-state index contributed by atoms with van der Waals surface area (Å²) in [6.45, 7) is 2.65. The van der Waals surface area contributed by atoms with E-state index in [1.165, 1.54) is 23.2 Å². The molecule has 1 aromatic carbocycles. The van der Waals surface area contributed by atoms with Gasteiger partial charge in [0.25, 0.3) is 0 Å². The molecule has 0 saturated carbocycles. The Bertz CT molecular complexity index is 891. The number of hydrogen-bond acceptors (Lipinski definition) is 5. The van der Waals surface area contributed by atoms with Crippen molar-refractivity contribution >= 4 is 15.5 Å². The summed E-state index contributed by atoms with van der Waals surface area (Å²) >= 11 is 0. The number of fused-ring (bicyclic) bond motifs is 1. The highest BCUT2D eigenvalue weighted by atomic mass is 32.2. The van der Waals surface area contributed by atoms with Crippen LogP contribution in [0.5, 0.6) is 0 Å². The standard InChI is InChI=1S/C19H26N4O2S/c1-22-8-2-3-15-11-16(4-5-18(15)22)19-12-20-14-23(19)9-7-21-17-6-10-26(24,25)13-17/h4-5,11-12,14,17,21H,2-3,6-10,13H2,1H3/t17-/m1/s1. The molecule has 1 aromatic heterocycles. The molecule has 1 saturated heterocycles. The van der Waals surface area contributed by atoms with Gasteiger partial charge in [-0.2, -0.15) is 0 Å². The number of rotatable bonds is 5. The van der Waals surface area contributed by atoms with Crippen LogP contribution in [-0.4, -0.2) is 55.7 Å². The zero-order chi connectivity index (χ0) is 18.1. The number of nitrogens with one attached hydrogen (secondary N) is 1. The molecule has 0 aliphatic carbocycles. The second-order valence-electron chi connectivity index (χ2n) is 7.39. The molecular formula is C19H26N4O2S. The molecule has 0 unspecified atom stereocenters. The molecule has 140 valence electrons. The van der Waals surface area contributed by atoms with Crippen molar-refractivity contribution in [1.29, 1.82) is 0 Å². The van der Waals surface area contributed by atoms with Crippen LogP contribution in [0.2, 0.25) is 0 Å². The average molecular weight is 375 g/mol. The molecule has 2 aliphatic rings. The summed E-state index contributed by atoms with van der Waals surface area (Å²) in [5, 5.41) is 3.38. The van der Waals surface area contributed by atoms with Gasteiger partial charge in [-0.25, -0.2) is 13.4 Å². The second-order valence-corrected chi connectivity index (χ2v) is 9.62. The molecular weight excluding hydrogens is 348 g/mol. The zero-order valence-electron chi connectivity index (χ0n) is 15.2. The van der Waals surface area contributed by atoms with E-state index in [0.29, 0.717) is 5.75 Å². The third kappa shape index (κ3) is 3.64. The molecule has 3 heterocycles. The first kappa shape index (κ1) is 17.5. The number of benzene rings is 1. The Hall–Kier alpha value is -1.86. The molecule has 1 N–H and O–H groups in total. The van der Waals surface area contributed by atoms with Crippen LogP contribution in [0.3, 0.4) is 0 Å². The highest BCUT2D eigenvalue weighted by Gasteiger charge is 2.27. The van der Waals surface area contributed by atoms with Crippen molar-refractivity contribution in [2.24, 2.45) is 0 Å². The van der Waals surface area contributed by atoms with Gasteiger partial charge in [-0.3, -0.25) is 0 Å². The Labute approximate surface area is 155 Å². The summed E-state index contributed by atoms with van der Waals surface area (Å²) < 4.78 is 25.3. The van der Waals surface area contributed by atoms with Crippen LogP contribution in [0, 0.1) is 0 Å². The molecule has 1 fully saturated rings. The third-order valence-electron chi connectivity index (χ3n) is 5.46. The van der Waals surface area contributed by atoms with Crippen molar-refractivity contribution in [1.82, 2.24) is 14.9 Å². The summed E-state index contributed by atoms with van der Waals surface area (Å²) in [7, 11) is -0.680. The largest absolute Gasteiger partial charge is 0.374 e. The van der Waals surface area contributed by atoms with Crippen molar-refractivity contribution < 1.29 is 8.42 Å². The summed E-state index contributed by atoms with van der Waals surface area (Å²) in [5.41, 5.74) is 5.04. The molecule has 1 atom stereocenters. The van der Waals surface area contributed by atoms with Crippen molar-refractivity contribution in [2.75, 3.05) is 36.5 Å². The molecule has 26 heavy (non-hydrogen) atoms. The maximum absolute atomic E-state index is 11.6. The summed E-state index contributed by atoms with van der Waals surface area (Å²) in [4.78, 5) is 6.65. The summed E-state index contributed by atoms with van der Waals surface area (Å²) in [6, 6.07) is 6.76. The van der Waals surface area contributed by atoms with Gasteiger partial charge >= 0.3 is 0 Å². The van der Waals surface area contributed by atoms with Crippen molar-refractivity contribution in [3.63, 3.8) is 0 Å². The molecule has 4 rings (SSSR count). The van der Waals surface area contributed by atoms with E-state index in [4.69, 9.17) is 0 Å². The van der Waals surface area contributed by atoms with Crippen LogP contribution in [0.15, 0.2) is 30.7 Å². The van der Waals surface area contributed by atoms with Crippen molar-refractivity contribution in [3.8, 4) is 11.3 Å². The van der Waals surface area contributed by atoms with E-state index < -0.39 is 9.84 Å². The Kier molecular flexibility index (Phi) is 4.75. The van der Waals surface area contributed by atoms with Gasteiger partial charge in [0.15, 0.2) is 9.84 Å². The number of hydrogen-bond donors (Lipinski definition) is 1. The highest BCUT2D eigenvalue weighted by Crippen LogP contribution is 2.30. The van der Waals surface area contributed by atoms with Gasteiger partial charge in [0.1, 0.15) is 0 Å². The van der Waals surface area contributed by atoms with Gasteiger partial charge in [-0.1, -0.05) is 6.07 Å². The first-order chi connectivity index (χ1) is 12.5. The maximum Gasteiger partial charge on any atom is 0.151 e. The molecule has 6 nitrogen and oxygen atoms in total. The molecule has 0 radical (unpaired) electrons. The molecule has 0 amide bonds. The van der Waals surface area contributed by atoms with Gasteiger partial charge in [0.2, 0.25) is 0 Å². The number of aromatic nitrogens is 2. The fourth-order valence-electron chi connectivity index (χ4n) is 4.03. The number of aryl methyl sites for hydroxylation is 1. The van der Waals surface area contributed by atoms with E-state index in [-0.39, 0.29) is 11.8 Å². The highest BCUT2D eigenvalue weighted by molar-refractivity contribution is 7.91. The van der Waals surface area contributed by atoms with E-state index >= 15 is 0 Å². The lowest BCUT2D eigenvalue weighted by atomic mass is 9.98. The van der Waals surface area contributed by atoms with Crippen LogP contribution in [0.25, 0.3) is 11.3 Å². The maximum atomic E-state index is 11.6. The first-order valence-corrected chi connectivity index (χ1v) is 11.1. The number of imidazole rings is 1. The topological polar surface area (TPSA) is 67.2 Å². The minimum absolute atomic E-state index is 0.0891. The van der Waals surface area contributed by atoms with Crippen LogP contribution >= 0.6 is 0 Å². The van der Waals surface area contributed by atoms with Gasteiger partial charge in [-0.15, -0.1) is 0 Å². The lowest BCUT2D eigenvalue weighted by Gasteiger charge is -2.27. The third-order valence-corrected chi connectivity index (χ3v) is 7.22. The average Bonchev–Trinajstić information content (AvgIpc) is 3.21. The number of sulfone groups is 1. The molecule has 0 bridgehead atoms. The lowest BCUT2D eigenvalue weighted by Crippen LogP contribution is -2.32. The fraction of sp³-hybridized carbons (Fsp3) is 0.526. The number of anilines is 1. The predicted octanol–water partition coefficient (Wildman–Crippen LogP) is 1.71. The second kappa shape index (κ2) is 7.04. The first-order valence-electron chi connectivity index (χ1n) is 9.30. The van der Waals surface area contributed by atoms with Gasteiger partial charge in [0.05, 0.1) is 29.7 Å². The van der Waals surface area contributed by atoms with Gasteiger partial charge < -0.3 is 14.8 Å². The van der Waals surface area contributed by atoms with Crippen LogP contribution in [0.4, 0.5) is 5.69 Å². The molecule has 0 spiro atoms. The van der Waals surface area contributed by atoms with Crippen molar-refractivity contribution in [2.45, 2.75) is 31.8 Å². The van der Waals surface area contributed by atoms with Gasteiger partial charge in [-0.05, 0) is 37.0 Å². The van der Waals surface area contributed by atoms with Crippen LogP contribution < -0.4 is 10.2 Å². The van der Waals surface area contributed by atoms with E-state index in [9.17, 15) is 8.42 Å². The van der Waals surface area contributed by atoms with E-state index in [1.807, 2.05) is 12.5 Å². The normalized spacial score (nSPS) is 21.7. The van der Waals surface area contributed by atoms with Crippen molar-refractivity contribution in [3.05, 3.63) is 36.3 Å². The predicted molar refractivity (Wildman–Crippen MR) is 104 cm³/mol. The minimum atomic E-state index is -2.83. The molecule has 2 aromatic rings. The number of nitrogens with zero attached hydrogens (tertiary/aromatic N) is 3. The Morgan fingerprint density at radius 2 is 2.23 bits per heavy atom. The molecule has 2 aliphatic heterocycles. The Morgan fingerprint density at radius 3 is 3.04 bits per heavy atom. The summed E-state index contributed by atoms with van der Waals surface area (Å²) in [6.07, 6.45) is 6.81. The molecule has 7 heteroatoms.